The second-order valence-corrected chi connectivity index (χ2v) is 7.91. The van der Waals surface area contributed by atoms with Gasteiger partial charge in [-0.25, -0.2) is 4.98 Å². The summed E-state index contributed by atoms with van der Waals surface area (Å²) in [6.45, 7) is 3.93. The Hall–Kier alpha value is -2.25. The Balaban J connectivity index is 1.90. The first kappa shape index (κ1) is 18.5. The summed E-state index contributed by atoms with van der Waals surface area (Å²) in [5.41, 5.74) is 8.59. The Kier molecular flexibility index (Phi) is 5.68. The lowest BCUT2D eigenvalue weighted by atomic mass is 10.1. The lowest BCUT2D eigenvalue weighted by Crippen LogP contribution is -2.13. The number of aromatic nitrogens is 2. The number of nitrogens with two attached hydrogens (primary N) is 1. The van der Waals surface area contributed by atoms with Gasteiger partial charge in [-0.3, -0.25) is 9.78 Å². The molecule has 2 aromatic heterocycles. The number of carbonyl (C=O) groups is 1. The van der Waals surface area contributed by atoms with Gasteiger partial charge in [0, 0.05) is 45.4 Å². The molecule has 7 heteroatoms. The molecule has 0 aliphatic carbocycles. The topological polar surface area (TPSA) is 78.1 Å². The lowest BCUT2D eigenvalue weighted by Gasteiger charge is -2.14. The van der Waals surface area contributed by atoms with Gasteiger partial charge in [-0.15, -0.1) is 11.3 Å². The van der Waals surface area contributed by atoms with Gasteiger partial charge in [0.05, 0.1) is 16.8 Å². The molecular formula is C19H18BrN3O2S. The molecule has 3 aromatic rings. The second kappa shape index (κ2) is 7.97. The van der Waals surface area contributed by atoms with Gasteiger partial charge in [-0.2, -0.15) is 0 Å². The molecule has 2 heterocycles. The summed E-state index contributed by atoms with van der Waals surface area (Å²) in [6, 6.07) is 7.24. The molecule has 0 unspecified atom stereocenters. The zero-order valence-electron chi connectivity index (χ0n) is 14.4. The van der Waals surface area contributed by atoms with Crippen LogP contribution in [0.25, 0.3) is 11.3 Å². The van der Waals surface area contributed by atoms with E-state index in [0.29, 0.717) is 12.0 Å². The molecule has 0 spiro atoms. The van der Waals surface area contributed by atoms with E-state index in [1.54, 1.807) is 41.9 Å². The molecule has 0 saturated carbocycles. The maximum absolute atomic E-state index is 11.5. The zero-order valence-corrected chi connectivity index (χ0v) is 16.8. The van der Waals surface area contributed by atoms with Crippen LogP contribution in [-0.2, 0) is 6.42 Å². The summed E-state index contributed by atoms with van der Waals surface area (Å²) < 4.78 is 6.78. The monoisotopic (exact) mass is 431 g/mol. The van der Waals surface area contributed by atoms with Crippen molar-refractivity contribution in [3.63, 3.8) is 0 Å². The molecule has 0 atom stereocenters. The van der Waals surface area contributed by atoms with Crippen molar-refractivity contribution in [2.24, 2.45) is 5.73 Å². The normalized spacial score (nSPS) is 10.9. The SMILES string of the molecule is CC(C)Oc1ccc(C(N)=O)cc1Cc1nc(-c2cncc(Br)c2)cs1. The number of hydrogen-bond acceptors (Lipinski definition) is 5. The Morgan fingerprint density at radius 3 is 2.81 bits per heavy atom. The van der Waals surface area contributed by atoms with E-state index in [2.05, 4.69) is 20.9 Å². The van der Waals surface area contributed by atoms with Crippen LogP contribution < -0.4 is 10.5 Å². The molecule has 3 rings (SSSR count). The van der Waals surface area contributed by atoms with E-state index < -0.39 is 5.91 Å². The van der Waals surface area contributed by atoms with Crippen LogP contribution in [0.5, 0.6) is 5.75 Å². The number of rotatable bonds is 6. The summed E-state index contributed by atoms with van der Waals surface area (Å²) in [5, 5.41) is 2.93. The summed E-state index contributed by atoms with van der Waals surface area (Å²) >= 11 is 4.99. The fourth-order valence-electron chi connectivity index (χ4n) is 2.48. The average molecular weight is 432 g/mol. The number of benzene rings is 1. The van der Waals surface area contributed by atoms with Crippen molar-refractivity contribution in [2.45, 2.75) is 26.4 Å². The van der Waals surface area contributed by atoms with E-state index in [0.717, 1.165) is 32.1 Å². The van der Waals surface area contributed by atoms with Crippen molar-refractivity contribution < 1.29 is 9.53 Å². The molecule has 0 saturated heterocycles. The first-order valence-electron chi connectivity index (χ1n) is 8.07. The molecule has 0 aliphatic heterocycles. The predicted molar refractivity (Wildman–Crippen MR) is 107 cm³/mol. The molecule has 0 fully saturated rings. The highest BCUT2D eigenvalue weighted by Crippen LogP contribution is 2.28. The molecule has 0 bridgehead atoms. The van der Waals surface area contributed by atoms with Crippen molar-refractivity contribution in [2.75, 3.05) is 0 Å². The van der Waals surface area contributed by atoms with Gasteiger partial charge < -0.3 is 10.5 Å². The summed E-state index contributed by atoms with van der Waals surface area (Å²) in [7, 11) is 0. The fourth-order valence-corrected chi connectivity index (χ4v) is 3.67. The highest BCUT2D eigenvalue weighted by molar-refractivity contribution is 9.10. The minimum atomic E-state index is -0.456. The average Bonchev–Trinajstić information content (AvgIpc) is 3.04. The maximum Gasteiger partial charge on any atom is 0.248 e. The number of primary amides is 1. The van der Waals surface area contributed by atoms with Gasteiger partial charge in [0.25, 0.3) is 0 Å². The maximum atomic E-state index is 11.5. The highest BCUT2D eigenvalue weighted by atomic mass is 79.9. The zero-order chi connectivity index (χ0) is 18.7. The second-order valence-electron chi connectivity index (χ2n) is 6.05. The quantitative estimate of drug-likeness (QED) is 0.625. The van der Waals surface area contributed by atoms with Crippen molar-refractivity contribution in [3.8, 4) is 17.0 Å². The van der Waals surface area contributed by atoms with Crippen molar-refractivity contribution >= 4 is 33.2 Å². The number of hydrogen-bond donors (Lipinski definition) is 1. The number of amides is 1. The summed E-state index contributed by atoms with van der Waals surface area (Å²) in [5.74, 6) is 0.285. The van der Waals surface area contributed by atoms with Crippen LogP contribution in [0.2, 0.25) is 0 Å². The predicted octanol–water partition coefficient (Wildman–Crippen LogP) is 4.44. The molecule has 0 aliphatic rings. The number of carbonyl (C=O) groups excluding carboxylic acids is 1. The highest BCUT2D eigenvalue weighted by Gasteiger charge is 2.13. The standard InChI is InChI=1S/C19H18BrN3O2S/c1-11(2)25-17-4-3-12(19(21)24)5-13(17)7-18-23-16(10-26-18)14-6-15(20)9-22-8-14/h3-6,8-11H,7H2,1-2H3,(H2,21,24). The van der Waals surface area contributed by atoms with E-state index >= 15 is 0 Å². The van der Waals surface area contributed by atoms with E-state index in [9.17, 15) is 4.79 Å². The third kappa shape index (κ3) is 4.47. The minimum Gasteiger partial charge on any atom is -0.491 e. The third-order valence-electron chi connectivity index (χ3n) is 3.60. The third-order valence-corrected chi connectivity index (χ3v) is 4.88. The van der Waals surface area contributed by atoms with E-state index in [-0.39, 0.29) is 6.10 Å². The Morgan fingerprint density at radius 2 is 2.12 bits per heavy atom. The number of nitrogens with zero attached hydrogens (tertiary/aromatic N) is 2. The van der Waals surface area contributed by atoms with Crippen LogP contribution in [0, 0.1) is 0 Å². The number of thiazole rings is 1. The van der Waals surface area contributed by atoms with Crippen LogP contribution >= 0.6 is 27.3 Å². The molecular weight excluding hydrogens is 414 g/mol. The number of ether oxygens (including phenoxy) is 1. The summed E-state index contributed by atoms with van der Waals surface area (Å²) in [6.07, 6.45) is 4.12. The number of halogens is 1. The molecule has 2 N–H and O–H groups in total. The molecule has 5 nitrogen and oxygen atoms in total. The Labute approximate surface area is 164 Å². The summed E-state index contributed by atoms with van der Waals surface area (Å²) in [4.78, 5) is 20.4. The first-order valence-corrected chi connectivity index (χ1v) is 9.74. The van der Waals surface area contributed by atoms with E-state index in [1.807, 2.05) is 25.3 Å². The van der Waals surface area contributed by atoms with Gasteiger partial charge in [-0.05, 0) is 54.0 Å². The van der Waals surface area contributed by atoms with E-state index in [1.165, 1.54) is 0 Å². The Bertz CT molecular complexity index is 940. The molecule has 1 amide bonds. The van der Waals surface area contributed by atoms with Gasteiger partial charge in [0.1, 0.15) is 5.75 Å². The van der Waals surface area contributed by atoms with Crippen LogP contribution in [0.3, 0.4) is 0 Å². The Morgan fingerprint density at radius 1 is 1.31 bits per heavy atom. The molecule has 134 valence electrons. The van der Waals surface area contributed by atoms with Crippen LogP contribution in [-0.4, -0.2) is 22.0 Å². The van der Waals surface area contributed by atoms with Gasteiger partial charge in [0.2, 0.25) is 5.91 Å². The molecule has 1 aromatic carbocycles. The van der Waals surface area contributed by atoms with Gasteiger partial charge >= 0.3 is 0 Å². The van der Waals surface area contributed by atoms with E-state index in [4.69, 9.17) is 15.5 Å². The lowest BCUT2D eigenvalue weighted by molar-refractivity contribution is 0.1000. The van der Waals surface area contributed by atoms with Crippen LogP contribution in [0.15, 0.2) is 46.5 Å². The fraction of sp³-hybridized carbons (Fsp3) is 0.211. The largest absolute Gasteiger partial charge is 0.491 e. The minimum absolute atomic E-state index is 0.0350. The van der Waals surface area contributed by atoms with Crippen molar-refractivity contribution in [1.82, 2.24) is 9.97 Å². The van der Waals surface area contributed by atoms with Crippen LogP contribution in [0.1, 0.15) is 34.8 Å². The van der Waals surface area contributed by atoms with Crippen LogP contribution in [0.4, 0.5) is 0 Å². The smallest absolute Gasteiger partial charge is 0.248 e. The van der Waals surface area contributed by atoms with Crippen molar-refractivity contribution in [3.05, 3.63) is 62.6 Å². The van der Waals surface area contributed by atoms with Gasteiger partial charge in [-0.1, -0.05) is 0 Å². The first-order chi connectivity index (χ1) is 12.4. The molecule has 26 heavy (non-hydrogen) atoms. The van der Waals surface area contributed by atoms with Gasteiger partial charge in [0.15, 0.2) is 0 Å². The molecule has 0 radical (unpaired) electrons. The number of pyridine rings is 1. The van der Waals surface area contributed by atoms with Crippen molar-refractivity contribution in [1.29, 1.82) is 0 Å².